The molecule has 0 aliphatic heterocycles. The molecule has 5 nitrogen and oxygen atoms in total. The van der Waals surface area contributed by atoms with E-state index in [0.717, 1.165) is 6.07 Å². The maximum Gasteiger partial charge on any atom is 0.435 e. The van der Waals surface area contributed by atoms with Gasteiger partial charge in [-0.15, -0.1) is 0 Å². The molecule has 0 aromatic carbocycles. The van der Waals surface area contributed by atoms with Gasteiger partial charge < -0.3 is 4.90 Å². The molecule has 0 aliphatic carbocycles. The monoisotopic (exact) mass is 312 g/mol. The summed E-state index contributed by atoms with van der Waals surface area (Å²) in [7, 11) is 3.16. The van der Waals surface area contributed by atoms with Crippen molar-refractivity contribution in [3.63, 3.8) is 0 Å². The standard InChI is InChI=1S/C14H15F3N4O/c1-4-21-11(8-12(19-21)14(15,16)17)9-5-6-18-10(7-9)13(22)20(2)3/h5-8H,4H2,1-3H3. The number of hydrogen-bond acceptors (Lipinski definition) is 3. The molecule has 1 amide bonds. The first-order valence-corrected chi connectivity index (χ1v) is 6.57. The van der Waals surface area contributed by atoms with Gasteiger partial charge in [0.1, 0.15) is 5.69 Å². The van der Waals surface area contributed by atoms with Crippen LogP contribution in [-0.2, 0) is 12.7 Å². The summed E-state index contributed by atoms with van der Waals surface area (Å²) in [6.07, 6.45) is -3.11. The van der Waals surface area contributed by atoms with Gasteiger partial charge in [-0.05, 0) is 25.1 Å². The minimum Gasteiger partial charge on any atom is -0.343 e. The highest BCUT2D eigenvalue weighted by Gasteiger charge is 2.35. The smallest absolute Gasteiger partial charge is 0.343 e. The second-order valence-corrected chi connectivity index (χ2v) is 4.86. The Morgan fingerprint density at radius 2 is 2.00 bits per heavy atom. The molecule has 0 bridgehead atoms. The maximum atomic E-state index is 12.8. The average molecular weight is 312 g/mol. The van der Waals surface area contributed by atoms with Gasteiger partial charge in [0.2, 0.25) is 0 Å². The summed E-state index contributed by atoms with van der Waals surface area (Å²) in [4.78, 5) is 17.2. The lowest BCUT2D eigenvalue weighted by Crippen LogP contribution is -2.22. The second kappa shape index (κ2) is 5.78. The number of carbonyl (C=O) groups excluding carboxylic acids is 1. The lowest BCUT2D eigenvalue weighted by molar-refractivity contribution is -0.141. The van der Waals surface area contributed by atoms with E-state index in [1.54, 1.807) is 27.1 Å². The first-order valence-electron chi connectivity index (χ1n) is 6.57. The number of aromatic nitrogens is 3. The Balaban J connectivity index is 2.50. The molecule has 0 atom stereocenters. The molecular weight excluding hydrogens is 297 g/mol. The van der Waals surface area contributed by atoms with Crippen LogP contribution >= 0.6 is 0 Å². The second-order valence-electron chi connectivity index (χ2n) is 4.86. The van der Waals surface area contributed by atoms with E-state index in [2.05, 4.69) is 10.1 Å². The lowest BCUT2D eigenvalue weighted by Gasteiger charge is -2.10. The fraction of sp³-hybridized carbons (Fsp3) is 0.357. The molecule has 0 saturated carbocycles. The van der Waals surface area contributed by atoms with Crippen molar-refractivity contribution < 1.29 is 18.0 Å². The van der Waals surface area contributed by atoms with E-state index in [0.29, 0.717) is 11.3 Å². The van der Waals surface area contributed by atoms with Crippen LogP contribution in [0.25, 0.3) is 11.3 Å². The number of alkyl halides is 3. The molecule has 0 aliphatic rings. The maximum absolute atomic E-state index is 12.8. The first-order chi connectivity index (χ1) is 10.2. The molecule has 0 saturated heterocycles. The van der Waals surface area contributed by atoms with Crippen molar-refractivity contribution in [3.8, 4) is 11.3 Å². The summed E-state index contributed by atoms with van der Waals surface area (Å²) >= 11 is 0. The van der Waals surface area contributed by atoms with E-state index in [1.807, 2.05) is 0 Å². The Labute approximate surface area is 125 Å². The molecule has 0 spiro atoms. The van der Waals surface area contributed by atoms with Gasteiger partial charge in [0.15, 0.2) is 5.69 Å². The number of hydrogen-bond donors (Lipinski definition) is 0. The molecule has 0 unspecified atom stereocenters. The largest absolute Gasteiger partial charge is 0.435 e. The lowest BCUT2D eigenvalue weighted by atomic mass is 10.1. The van der Waals surface area contributed by atoms with Gasteiger partial charge in [-0.2, -0.15) is 18.3 Å². The number of carbonyl (C=O) groups is 1. The fourth-order valence-electron chi connectivity index (χ4n) is 1.96. The van der Waals surface area contributed by atoms with Crippen LogP contribution < -0.4 is 0 Å². The summed E-state index contributed by atoms with van der Waals surface area (Å²) in [5.74, 6) is -0.319. The number of aryl methyl sites for hydroxylation is 1. The summed E-state index contributed by atoms with van der Waals surface area (Å²) in [6, 6.07) is 3.99. The van der Waals surface area contributed by atoms with Gasteiger partial charge in [-0.1, -0.05) is 0 Å². The Morgan fingerprint density at radius 3 is 2.55 bits per heavy atom. The van der Waals surface area contributed by atoms with E-state index in [1.165, 1.54) is 21.8 Å². The minimum absolute atomic E-state index is 0.167. The SMILES string of the molecule is CCn1nc(C(F)(F)F)cc1-c1ccnc(C(=O)N(C)C)c1. The highest BCUT2D eigenvalue weighted by Crippen LogP contribution is 2.31. The van der Waals surface area contributed by atoms with Gasteiger partial charge in [0.25, 0.3) is 5.91 Å². The van der Waals surface area contributed by atoms with E-state index in [4.69, 9.17) is 0 Å². The van der Waals surface area contributed by atoms with Crippen LogP contribution in [0.15, 0.2) is 24.4 Å². The zero-order valence-corrected chi connectivity index (χ0v) is 12.3. The van der Waals surface area contributed by atoms with Gasteiger partial charge in [-0.3, -0.25) is 14.5 Å². The van der Waals surface area contributed by atoms with Gasteiger partial charge in [0, 0.05) is 32.4 Å². The van der Waals surface area contributed by atoms with Crippen LogP contribution in [0, 0.1) is 0 Å². The van der Waals surface area contributed by atoms with Crippen LogP contribution in [0.1, 0.15) is 23.1 Å². The van der Waals surface area contributed by atoms with Crippen molar-refractivity contribution in [2.75, 3.05) is 14.1 Å². The molecular formula is C14H15F3N4O. The van der Waals surface area contributed by atoms with E-state index in [-0.39, 0.29) is 18.1 Å². The summed E-state index contributed by atoms with van der Waals surface area (Å²) in [6.45, 7) is 1.98. The molecule has 0 radical (unpaired) electrons. The van der Waals surface area contributed by atoms with Crippen LogP contribution in [0.5, 0.6) is 0 Å². The highest BCUT2D eigenvalue weighted by molar-refractivity contribution is 5.93. The third-order valence-electron chi connectivity index (χ3n) is 3.05. The van der Waals surface area contributed by atoms with Crippen molar-refractivity contribution >= 4 is 5.91 Å². The average Bonchev–Trinajstić information content (AvgIpc) is 2.90. The molecule has 2 aromatic rings. The molecule has 2 heterocycles. The Bertz CT molecular complexity index is 692. The number of nitrogens with zero attached hydrogens (tertiary/aromatic N) is 4. The summed E-state index contributed by atoms with van der Waals surface area (Å²) < 4.78 is 39.6. The predicted molar refractivity (Wildman–Crippen MR) is 74.2 cm³/mol. The molecule has 0 fully saturated rings. The predicted octanol–water partition coefficient (Wildman–Crippen LogP) is 2.69. The molecule has 2 rings (SSSR count). The molecule has 118 valence electrons. The topological polar surface area (TPSA) is 51.0 Å². The number of pyridine rings is 1. The zero-order chi connectivity index (χ0) is 16.5. The number of amides is 1. The van der Waals surface area contributed by atoms with Crippen LogP contribution in [-0.4, -0.2) is 39.7 Å². The first kappa shape index (κ1) is 16.0. The fourth-order valence-corrected chi connectivity index (χ4v) is 1.96. The Kier molecular flexibility index (Phi) is 4.20. The van der Waals surface area contributed by atoms with E-state index >= 15 is 0 Å². The Hall–Kier alpha value is -2.38. The van der Waals surface area contributed by atoms with Gasteiger partial charge in [0.05, 0.1) is 5.69 Å². The quantitative estimate of drug-likeness (QED) is 0.875. The summed E-state index contributed by atoms with van der Waals surface area (Å²) in [5, 5.41) is 3.56. The Morgan fingerprint density at radius 1 is 1.32 bits per heavy atom. The number of rotatable bonds is 3. The van der Waals surface area contributed by atoms with Crippen LogP contribution in [0.4, 0.5) is 13.2 Å². The number of halogens is 3. The van der Waals surface area contributed by atoms with Gasteiger partial charge >= 0.3 is 6.18 Å². The molecule has 2 aromatic heterocycles. The third kappa shape index (κ3) is 3.10. The summed E-state index contributed by atoms with van der Waals surface area (Å²) in [5.41, 5.74) is -0.0309. The minimum atomic E-state index is -4.51. The van der Waals surface area contributed by atoms with Gasteiger partial charge in [-0.25, -0.2) is 0 Å². The van der Waals surface area contributed by atoms with Crippen LogP contribution in [0.3, 0.4) is 0 Å². The van der Waals surface area contributed by atoms with E-state index < -0.39 is 11.9 Å². The van der Waals surface area contributed by atoms with Crippen molar-refractivity contribution in [1.82, 2.24) is 19.7 Å². The normalized spacial score (nSPS) is 11.5. The van der Waals surface area contributed by atoms with Crippen molar-refractivity contribution in [3.05, 3.63) is 35.8 Å². The van der Waals surface area contributed by atoms with Crippen LogP contribution in [0.2, 0.25) is 0 Å². The van der Waals surface area contributed by atoms with E-state index in [9.17, 15) is 18.0 Å². The van der Waals surface area contributed by atoms with Crippen molar-refractivity contribution in [2.45, 2.75) is 19.6 Å². The third-order valence-corrected chi connectivity index (χ3v) is 3.05. The molecule has 22 heavy (non-hydrogen) atoms. The highest BCUT2D eigenvalue weighted by atomic mass is 19.4. The zero-order valence-electron chi connectivity index (χ0n) is 12.3. The van der Waals surface area contributed by atoms with Crippen molar-refractivity contribution in [2.24, 2.45) is 0 Å². The molecule has 0 N–H and O–H groups in total. The van der Waals surface area contributed by atoms with Crippen molar-refractivity contribution in [1.29, 1.82) is 0 Å². The molecule has 8 heteroatoms.